The molecule has 6 atom stereocenters. The molecule has 16 nitrogen and oxygen atoms in total. The molecule has 1 aliphatic heterocycles. The van der Waals surface area contributed by atoms with Crippen LogP contribution in [0, 0.1) is 25.7 Å². The van der Waals surface area contributed by atoms with Gasteiger partial charge < -0.3 is 10.2 Å². The van der Waals surface area contributed by atoms with Gasteiger partial charge in [0, 0.05) is 66.3 Å². The summed E-state index contributed by atoms with van der Waals surface area (Å²) >= 11 is 6.70. The molecule has 75 heavy (non-hydrogen) atoms. The van der Waals surface area contributed by atoms with Crippen molar-refractivity contribution in [1.82, 2.24) is 32.7 Å². The van der Waals surface area contributed by atoms with Crippen LogP contribution in [0.4, 0.5) is 5.69 Å². The van der Waals surface area contributed by atoms with Crippen molar-refractivity contribution in [2.24, 2.45) is 11.8 Å². The molecule has 0 unspecified atom stereocenters. The van der Waals surface area contributed by atoms with Gasteiger partial charge in [-0.05, 0) is 157 Å². The molecule has 404 valence electrons. The molecule has 5 aliphatic rings. The first-order valence-electron chi connectivity index (χ1n) is 26.6. The minimum Gasteiger partial charge on any atom is -0.367 e. The van der Waals surface area contributed by atoms with Crippen molar-refractivity contribution in [2.75, 3.05) is 18.0 Å². The summed E-state index contributed by atoms with van der Waals surface area (Å²) in [5, 5.41) is 5.20. The van der Waals surface area contributed by atoms with Gasteiger partial charge in [-0.15, -0.1) is 0 Å². The number of benzene rings is 2. The van der Waals surface area contributed by atoms with Crippen LogP contribution in [-0.4, -0.2) is 99.3 Å². The Balaban J connectivity index is 0.000000171. The van der Waals surface area contributed by atoms with Gasteiger partial charge in [0.2, 0.25) is 20.0 Å². The number of pyridine rings is 2. The van der Waals surface area contributed by atoms with Crippen LogP contribution in [0.3, 0.4) is 0 Å². The molecule has 0 radical (unpaired) electrons. The molecule has 4 fully saturated rings. The molecule has 0 saturated heterocycles. The largest absolute Gasteiger partial charge is 0.367 e. The summed E-state index contributed by atoms with van der Waals surface area (Å²) in [6, 6.07) is 17.6. The summed E-state index contributed by atoms with van der Waals surface area (Å²) in [6.07, 6.45) is 18.3. The van der Waals surface area contributed by atoms with Crippen LogP contribution in [0.2, 0.25) is 5.02 Å². The van der Waals surface area contributed by atoms with Gasteiger partial charge in [0.25, 0.3) is 20.0 Å². The van der Waals surface area contributed by atoms with E-state index in [1.54, 1.807) is 67.0 Å². The smallest absolute Gasteiger partial charge is 0.269 e. The van der Waals surface area contributed by atoms with E-state index < -0.39 is 40.1 Å². The lowest BCUT2D eigenvalue weighted by Gasteiger charge is -2.39. The lowest BCUT2D eigenvalue weighted by molar-refractivity contribution is 0.389. The minimum absolute atomic E-state index is 0.00401. The number of hydrogen-bond donors (Lipinski definition) is 3. The third kappa shape index (κ3) is 11.2. The molecule has 4 aliphatic carbocycles. The number of anilines is 1. The predicted molar refractivity (Wildman–Crippen MR) is 295 cm³/mol. The number of nitrogens with one attached hydrogen (secondary N) is 3. The van der Waals surface area contributed by atoms with Crippen LogP contribution < -0.4 is 19.7 Å². The van der Waals surface area contributed by atoms with Gasteiger partial charge in [0.1, 0.15) is 0 Å². The highest BCUT2D eigenvalue weighted by atomic mass is 35.5. The fourth-order valence-corrected chi connectivity index (χ4v) is 17.8. The predicted octanol–water partition coefficient (Wildman–Crippen LogP) is 8.37. The second kappa shape index (κ2) is 21.4. The van der Waals surface area contributed by atoms with E-state index >= 15 is 0 Å². The Kier molecular flexibility index (Phi) is 15.4. The highest BCUT2D eigenvalue weighted by Crippen LogP contribution is 2.43. The number of sulfonamides is 2. The molecule has 6 aromatic rings. The number of fused-ring (bicyclic) bond motifs is 4. The van der Waals surface area contributed by atoms with E-state index in [2.05, 4.69) is 43.5 Å². The molecule has 0 spiro atoms. The summed E-state index contributed by atoms with van der Waals surface area (Å²) in [6.45, 7) is 9.81. The van der Waals surface area contributed by atoms with Crippen molar-refractivity contribution >= 4 is 79.4 Å². The van der Waals surface area contributed by atoms with Crippen LogP contribution in [-0.2, 0) is 52.9 Å². The van der Waals surface area contributed by atoms with Crippen molar-refractivity contribution in [3.63, 3.8) is 0 Å². The van der Waals surface area contributed by atoms with Gasteiger partial charge in [-0.3, -0.25) is 0 Å². The van der Waals surface area contributed by atoms with Gasteiger partial charge in [-0.25, -0.2) is 61.0 Å². The first-order chi connectivity index (χ1) is 35.8. The average Bonchev–Trinajstić information content (AvgIpc) is 4.27. The molecule has 4 aromatic heterocycles. The number of hydrogen-bond acceptors (Lipinski definition) is 12. The monoisotopic (exact) mass is 1120 g/mol. The van der Waals surface area contributed by atoms with Crippen molar-refractivity contribution in [3.05, 3.63) is 113 Å². The maximum Gasteiger partial charge on any atom is 0.269 e. The van der Waals surface area contributed by atoms with Crippen molar-refractivity contribution in [2.45, 2.75) is 162 Å². The number of rotatable bonds is 18. The van der Waals surface area contributed by atoms with Crippen LogP contribution in [0.15, 0.2) is 95.2 Å². The summed E-state index contributed by atoms with van der Waals surface area (Å²) in [7, 11) is -14.0. The maximum absolute atomic E-state index is 13.5. The highest BCUT2D eigenvalue weighted by molar-refractivity contribution is 7.91. The third-order valence-electron chi connectivity index (χ3n) is 16.1. The lowest BCUT2D eigenvalue weighted by atomic mass is 9.94. The van der Waals surface area contributed by atoms with E-state index in [1.165, 1.54) is 14.1 Å². The molecular formula is C54H69ClN8O8S4. The summed E-state index contributed by atoms with van der Waals surface area (Å²) in [5.41, 5.74) is 5.79. The molecule has 2 aromatic carbocycles. The SMILES string of the molecule is CC[C@@H]1C[C@H](NS(=O)(=O)C2CC2)C[C@@H]1N1CCCc2cnc3c(ccn3S(=O)(=O)c3ccc(C)cc3)c21.CC[C@@H]1C[C@H](NS(=O)(=O)C2CC2)C[C@@H]1NCCCc1cnc2c(ccn2S(=O)(=O)c2ccc(C)cc2)c1Cl. The topological polar surface area (TPSA) is 212 Å². The Labute approximate surface area is 447 Å². The zero-order valence-electron chi connectivity index (χ0n) is 43.0. The Morgan fingerprint density at radius 2 is 1.16 bits per heavy atom. The Bertz CT molecular complexity index is 3530. The van der Waals surface area contributed by atoms with Crippen LogP contribution in [0.5, 0.6) is 0 Å². The standard InChI is InChI=1S/C27H35ClN4O4S2.C27H34N4O4S2/c1-3-19-15-21(31-37(33,34)22-10-11-22)16-25(19)29-13-4-5-20-17-30-27-24(26(20)28)12-14-32(27)38(35,36)23-8-6-18(2)7-9-23;1-3-19-15-21(29-36(32,33)22-10-11-22)16-25(19)30-13-4-5-20-17-28-27-24(26(20)30)12-14-31(27)37(34,35)23-8-6-18(2)7-9-23/h6-9,12,14,17,19,21-22,25,29,31H,3-5,10-11,13,15-16H2,1-2H3;6-9,12,14,17,19,21-22,25,29H,3-5,10-11,13,15-16H2,1-2H3/t2*19-,21+,25+/m11/s1. The second-order valence-corrected chi connectivity index (χ2v) is 29.5. The van der Waals surface area contributed by atoms with Crippen LogP contribution in [0.25, 0.3) is 22.1 Å². The van der Waals surface area contributed by atoms with Gasteiger partial charge >= 0.3 is 0 Å². The van der Waals surface area contributed by atoms with E-state index in [0.29, 0.717) is 40.0 Å². The fourth-order valence-electron chi connectivity index (χ4n) is 11.7. The first kappa shape index (κ1) is 54.0. The van der Waals surface area contributed by atoms with Crippen LogP contribution >= 0.6 is 11.6 Å². The van der Waals surface area contributed by atoms with E-state index in [4.69, 9.17) is 11.6 Å². The highest BCUT2D eigenvalue weighted by Gasteiger charge is 2.44. The van der Waals surface area contributed by atoms with Crippen molar-refractivity contribution in [3.8, 4) is 0 Å². The minimum atomic E-state index is -3.79. The lowest BCUT2D eigenvalue weighted by Crippen LogP contribution is -2.42. The van der Waals surface area contributed by atoms with Crippen molar-refractivity contribution in [1.29, 1.82) is 0 Å². The number of aromatic nitrogens is 4. The Hall–Kier alpha value is -4.41. The van der Waals surface area contributed by atoms with E-state index in [-0.39, 0.29) is 44.5 Å². The third-order valence-corrected chi connectivity index (χ3v) is 24.0. The summed E-state index contributed by atoms with van der Waals surface area (Å²) in [4.78, 5) is 11.9. The molecule has 4 saturated carbocycles. The van der Waals surface area contributed by atoms with Crippen molar-refractivity contribution < 1.29 is 33.7 Å². The second-order valence-electron chi connectivity index (χ2n) is 21.5. The van der Waals surface area contributed by atoms with E-state index in [9.17, 15) is 33.7 Å². The number of aryl methyl sites for hydroxylation is 4. The normalized spacial score (nSPS) is 23.4. The zero-order chi connectivity index (χ0) is 53.0. The Morgan fingerprint density at radius 3 is 1.72 bits per heavy atom. The van der Waals surface area contributed by atoms with Gasteiger partial charge in [0.05, 0.1) is 31.0 Å². The summed E-state index contributed by atoms with van der Waals surface area (Å²) < 4.78 is 112. The fraction of sp³-hybridized carbons (Fsp3) is 0.519. The molecule has 0 amide bonds. The molecule has 5 heterocycles. The zero-order valence-corrected chi connectivity index (χ0v) is 47.1. The van der Waals surface area contributed by atoms with Crippen LogP contribution in [0.1, 0.15) is 113 Å². The van der Waals surface area contributed by atoms with Gasteiger partial charge in [-0.2, -0.15) is 0 Å². The Morgan fingerprint density at radius 1 is 0.640 bits per heavy atom. The van der Waals surface area contributed by atoms with Gasteiger partial charge in [-0.1, -0.05) is 73.7 Å². The molecule has 0 bridgehead atoms. The van der Waals surface area contributed by atoms with Gasteiger partial charge in [0.15, 0.2) is 11.3 Å². The van der Waals surface area contributed by atoms with E-state index in [1.807, 2.05) is 26.1 Å². The molecule has 11 rings (SSSR count). The molecule has 21 heteroatoms. The summed E-state index contributed by atoms with van der Waals surface area (Å²) in [5.74, 6) is 0.804. The number of nitrogens with zero attached hydrogens (tertiary/aromatic N) is 5. The number of halogens is 1. The first-order valence-corrected chi connectivity index (χ1v) is 32.9. The quantitative estimate of drug-likeness (QED) is 0.0693. The molecule has 3 N–H and O–H groups in total. The average molecular weight is 1120 g/mol. The van der Waals surface area contributed by atoms with E-state index in [0.717, 1.165) is 130 Å². The maximum atomic E-state index is 13.5. The molecular weight excluding hydrogens is 1050 g/mol.